The molecule has 1 saturated heterocycles. The highest BCUT2D eigenvalue weighted by Gasteiger charge is 2.51. The lowest BCUT2D eigenvalue weighted by molar-refractivity contribution is 0.00578. The molecule has 1 fully saturated rings. The fourth-order valence-corrected chi connectivity index (χ4v) is 6.41. The van der Waals surface area contributed by atoms with E-state index in [4.69, 9.17) is 9.31 Å². The second-order valence-electron chi connectivity index (χ2n) is 12.5. The van der Waals surface area contributed by atoms with E-state index in [9.17, 15) is 0 Å². The van der Waals surface area contributed by atoms with E-state index in [1.54, 1.807) is 0 Å². The van der Waals surface area contributed by atoms with Gasteiger partial charge >= 0.3 is 7.12 Å². The normalized spacial score (nSPS) is 16.0. The molecule has 2 aromatic heterocycles. The minimum absolute atomic E-state index is 0.378. The molecule has 3 heterocycles. The average molecular weight is 561 g/mol. The molecule has 8 rings (SSSR count). The summed E-state index contributed by atoms with van der Waals surface area (Å²) in [6, 6.07) is 43.4. The van der Waals surface area contributed by atoms with Crippen LogP contribution >= 0.6 is 0 Å². The predicted molar refractivity (Wildman–Crippen MR) is 179 cm³/mol. The van der Waals surface area contributed by atoms with Crippen LogP contribution in [-0.2, 0) is 9.31 Å². The van der Waals surface area contributed by atoms with Crippen molar-refractivity contribution in [1.29, 1.82) is 0 Å². The lowest BCUT2D eigenvalue weighted by Gasteiger charge is -2.32. The Morgan fingerprint density at radius 1 is 0.535 bits per heavy atom. The van der Waals surface area contributed by atoms with Crippen LogP contribution in [0, 0.1) is 0 Å². The molecule has 5 aromatic carbocycles. The number of aromatic nitrogens is 2. The van der Waals surface area contributed by atoms with Gasteiger partial charge in [-0.25, -0.2) is 0 Å². The van der Waals surface area contributed by atoms with E-state index < -0.39 is 7.12 Å². The van der Waals surface area contributed by atoms with E-state index in [0.717, 1.165) is 22.4 Å². The van der Waals surface area contributed by atoms with Gasteiger partial charge in [-0.15, -0.1) is 0 Å². The lowest BCUT2D eigenvalue weighted by atomic mass is 9.78. The number of fused-ring (bicyclic) bond motifs is 5. The quantitative estimate of drug-likeness (QED) is 0.202. The van der Waals surface area contributed by atoms with Crippen molar-refractivity contribution in [2.45, 2.75) is 38.9 Å². The number of benzene rings is 5. The Kier molecular flexibility index (Phi) is 5.74. The van der Waals surface area contributed by atoms with Gasteiger partial charge in [-0.2, -0.15) is 0 Å². The van der Waals surface area contributed by atoms with Crippen LogP contribution in [0.1, 0.15) is 27.7 Å². The second-order valence-corrected chi connectivity index (χ2v) is 12.5. The molecule has 43 heavy (non-hydrogen) atoms. The maximum atomic E-state index is 6.37. The van der Waals surface area contributed by atoms with Gasteiger partial charge in [-0.3, -0.25) is 0 Å². The van der Waals surface area contributed by atoms with E-state index in [1.165, 1.54) is 38.3 Å². The third-order valence-corrected chi connectivity index (χ3v) is 9.39. The van der Waals surface area contributed by atoms with Crippen LogP contribution in [-0.4, -0.2) is 27.5 Å². The fourth-order valence-electron chi connectivity index (χ4n) is 6.41. The monoisotopic (exact) mass is 560 g/mol. The molecule has 0 saturated carbocycles. The summed E-state index contributed by atoms with van der Waals surface area (Å²) in [7, 11) is -0.393. The van der Waals surface area contributed by atoms with Crippen molar-refractivity contribution in [1.82, 2.24) is 9.13 Å². The van der Waals surface area contributed by atoms with Crippen molar-refractivity contribution in [2.24, 2.45) is 0 Å². The molecule has 7 aromatic rings. The van der Waals surface area contributed by atoms with E-state index in [2.05, 4.69) is 164 Å². The Hall–Kier alpha value is -4.58. The first-order valence-electron chi connectivity index (χ1n) is 15.0. The molecule has 1 aliphatic rings. The SMILES string of the molecule is CC1(C)OB(c2cccc(-c3ccc4c(c3)c3ccc5c(ccn5-c5ccccc5)c3n4-c3ccccc3)c2)OC1(C)C. The predicted octanol–water partition coefficient (Wildman–Crippen LogP) is 8.69. The highest BCUT2D eigenvalue weighted by atomic mass is 16.7. The van der Waals surface area contributed by atoms with Gasteiger partial charge in [-0.05, 0) is 92.8 Å². The van der Waals surface area contributed by atoms with E-state index in [-0.39, 0.29) is 11.2 Å². The molecule has 0 spiro atoms. The Bertz CT molecular complexity index is 2130. The van der Waals surface area contributed by atoms with Gasteiger partial charge in [0.25, 0.3) is 0 Å². The third-order valence-electron chi connectivity index (χ3n) is 9.39. The molecule has 0 N–H and O–H groups in total. The summed E-state index contributed by atoms with van der Waals surface area (Å²) in [5.41, 5.74) is 8.49. The molecule has 0 bridgehead atoms. The van der Waals surface area contributed by atoms with Crippen LogP contribution in [0.5, 0.6) is 0 Å². The number of rotatable bonds is 4. The van der Waals surface area contributed by atoms with Crippen LogP contribution in [0.15, 0.2) is 128 Å². The average Bonchev–Trinajstić information content (AvgIpc) is 3.67. The molecule has 0 amide bonds. The topological polar surface area (TPSA) is 28.3 Å². The summed E-state index contributed by atoms with van der Waals surface area (Å²) in [5, 5.41) is 3.69. The molecular weight excluding hydrogens is 527 g/mol. The molecule has 1 aliphatic heterocycles. The van der Waals surface area contributed by atoms with Crippen molar-refractivity contribution >= 4 is 45.3 Å². The molecule has 0 aliphatic carbocycles. The smallest absolute Gasteiger partial charge is 0.399 e. The number of para-hydroxylation sites is 2. The summed E-state index contributed by atoms with van der Waals surface area (Å²) in [6.45, 7) is 8.38. The standard InChI is InChI=1S/C38H33BN2O2/c1-37(2)38(3,4)43-39(42-37)28-13-11-12-26(24-28)27-18-20-35-33(25-27)31-19-21-34-32(22-23-40(34)29-14-7-5-8-15-29)36(31)41(35)30-16-9-6-10-17-30/h5-25H,1-4H3. The van der Waals surface area contributed by atoms with Gasteiger partial charge < -0.3 is 18.4 Å². The minimum atomic E-state index is -0.393. The first kappa shape index (κ1) is 26.1. The first-order chi connectivity index (χ1) is 20.8. The van der Waals surface area contributed by atoms with E-state index in [0.29, 0.717) is 0 Å². The molecule has 0 atom stereocenters. The number of nitrogens with zero attached hydrogens (tertiary/aromatic N) is 2. The molecule has 5 heteroatoms. The molecule has 0 unspecified atom stereocenters. The molecular formula is C38H33BN2O2. The van der Waals surface area contributed by atoms with Crippen molar-refractivity contribution < 1.29 is 9.31 Å². The van der Waals surface area contributed by atoms with Gasteiger partial charge in [0.2, 0.25) is 0 Å². The van der Waals surface area contributed by atoms with Crippen LogP contribution in [0.3, 0.4) is 0 Å². The van der Waals surface area contributed by atoms with Gasteiger partial charge in [0.1, 0.15) is 0 Å². The zero-order valence-corrected chi connectivity index (χ0v) is 24.9. The lowest BCUT2D eigenvalue weighted by Crippen LogP contribution is -2.41. The van der Waals surface area contributed by atoms with Crippen molar-refractivity contribution in [3.05, 3.63) is 128 Å². The Balaban J connectivity index is 1.32. The highest BCUT2D eigenvalue weighted by molar-refractivity contribution is 6.62. The summed E-state index contributed by atoms with van der Waals surface area (Å²) < 4.78 is 17.4. The Morgan fingerprint density at radius 2 is 1.19 bits per heavy atom. The highest BCUT2D eigenvalue weighted by Crippen LogP contribution is 2.40. The molecule has 0 radical (unpaired) electrons. The van der Waals surface area contributed by atoms with Crippen LogP contribution in [0.4, 0.5) is 0 Å². The van der Waals surface area contributed by atoms with Crippen molar-refractivity contribution in [2.75, 3.05) is 0 Å². The van der Waals surface area contributed by atoms with E-state index >= 15 is 0 Å². The van der Waals surface area contributed by atoms with E-state index in [1.807, 2.05) is 0 Å². The zero-order valence-electron chi connectivity index (χ0n) is 24.9. The second kappa shape index (κ2) is 9.47. The van der Waals surface area contributed by atoms with Gasteiger partial charge in [0, 0.05) is 33.7 Å². The fraction of sp³-hybridized carbons (Fsp3) is 0.158. The van der Waals surface area contributed by atoms with Crippen LogP contribution in [0.2, 0.25) is 0 Å². The summed E-state index contributed by atoms with van der Waals surface area (Å²) in [4.78, 5) is 0. The minimum Gasteiger partial charge on any atom is -0.399 e. The van der Waals surface area contributed by atoms with Gasteiger partial charge in [0.05, 0.1) is 27.8 Å². The van der Waals surface area contributed by atoms with Crippen molar-refractivity contribution in [3.63, 3.8) is 0 Å². The van der Waals surface area contributed by atoms with Gasteiger partial charge in [-0.1, -0.05) is 72.8 Å². The first-order valence-corrected chi connectivity index (χ1v) is 15.0. The summed E-state index contributed by atoms with van der Waals surface area (Å²) in [5.74, 6) is 0. The van der Waals surface area contributed by atoms with Crippen LogP contribution < -0.4 is 5.46 Å². The maximum Gasteiger partial charge on any atom is 0.494 e. The maximum absolute atomic E-state index is 6.37. The van der Waals surface area contributed by atoms with Crippen molar-refractivity contribution in [3.8, 4) is 22.5 Å². The van der Waals surface area contributed by atoms with Gasteiger partial charge in [0.15, 0.2) is 0 Å². The zero-order chi connectivity index (χ0) is 29.3. The Labute approximate surface area is 252 Å². The number of hydrogen-bond donors (Lipinski definition) is 0. The number of hydrogen-bond acceptors (Lipinski definition) is 2. The van der Waals surface area contributed by atoms with Crippen LogP contribution in [0.25, 0.3) is 55.2 Å². The molecule has 4 nitrogen and oxygen atoms in total. The largest absolute Gasteiger partial charge is 0.494 e. The Morgan fingerprint density at radius 3 is 1.91 bits per heavy atom. The summed E-state index contributed by atoms with van der Waals surface area (Å²) in [6.07, 6.45) is 2.18. The summed E-state index contributed by atoms with van der Waals surface area (Å²) >= 11 is 0. The molecule has 210 valence electrons. The third kappa shape index (κ3) is 4.07.